The SMILES string of the molecule is CCOC(=O)CCc1c(-c2ccccc2)ccc2ccccc12. The van der Waals surface area contributed by atoms with E-state index in [0.717, 1.165) is 0 Å². The molecule has 2 nitrogen and oxygen atoms in total. The maximum absolute atomic E-state index is 11.8. The summed E-state index contributed by atoms with van der Waals surface area (Å²) < 4.78 is 5.08. The van der Waals surface area contributed by atoms with Gasteiger partial charge in [-0.2, -0.15) is 0 Å². The summed E-state index contributed by atoms with van der Waals surface area (Å²) in [6, 6.07) is 22.9. The van der Waals surface area contributed by atoms with Crippen molar-refractivity contribution in [2.45, 2.75) is 19.8 Å². The minimum atomic E-state index is -0.139. The predicted molar refractivity (Wildman–Crippen MR) is 94.3 cm³/mol. The average molecular weight is 304 g/mol. The fourth-order valence-electron chi connectivity index (χ4n) is 2.95. The van der Waals surface area contributed by atoms with Crippen molar-refractivity contribution in [3.05, 3.63) is 72.3 Å². The molecule has 2 heteroatoms. The van der Waals surface area contributed by atoms with Crippen molar-refractivity contribution in [1.82, 2.24) is 0 Å². The lowest BCUT2D eigenvalue weighted by Crippen LogP contribution is -2.06. The largest absolute Gasteiger partial charge is 0.466 e. The normalized spacial score (nSPS) is 10.7. The Morgan fingerprint density at radius 2 is 1.65 bits per heavy atom. The Morgan fingerprint density at radius 1 is 0.913 bits per heavy atom. The first kappa shape index (κ1) is 15.3. The van der Waals surface area contributed by atoms with Crippen molar-refractivity contribution in [3.63, 3.8) is 0 Å². The smallest absolute Gasteiger partial charge is 0.306 e. The number of hydrogen-bond acceptors (Lipinski definition) is 2. The number of hydrogen-bond donors (Lipinski definition) is 0. The quantitative estimate of drug-likeness (QED) is 0.620. The van der Waals surface area contributed by atoms with E-state index in [1.807, 2.05) is 37.3 Å². The van der Waals surface area contributed by atoms with E-state index in [1.54, 1.807) is 0 Å². The molecule has 0 heterocycles. The molecule has 0 aliphatic rings. The van der Waals surface area contributed by atoms with Gasteiger partial charge in [0.05, 0.1) is 6.61 Å². The molecule has 0 amide bonds. The number of fused-ring (bicyclic) bond motifs is 1. The van der Waals surface area contributed by atoms with Crippen molar-refractivity contribution in [3.8, 4) is 11.1 Å². The number of carbonyl (C=O) groups is 1. The van der Waals surface area contributed by atoms with Gasteiger partial charge in [-0.05, 0) is 40.8 Å². The maximum atomic E-state index is 11.8. The standard InChI is InChI=1S/C21H20O2/c1-2-23-21(22)15-14-20-18-11-7-6-10-17(18)12-13-19(20)16-8-4-3-5-9-16/h3-13H,2,14-15H2,1H3. The van der Waals surface area contributed by atoms with Gasteiger partial charge >= 0.3 is 5.97 Å². The van der Waals surface area contributed by atoms with Gasteiger partial charge in [0.25, 0.3) is 0 Å². The molecule has 0 aliphatic carbocycles. The van der Waals surface area contributed by atoms with Gasteiger partial charge in [-0.15, -0.1) is 0 Å². The number of esters is 1. The Bertz CT molecular complexity index is 806. The number of rotatable bonds is 5. The molecule has 3 aromatic rings. The van der Waals surface area contributed by atoms with Crippen molar-refractivity contribution in [1.29, 1.82) is 0 Å². The van der Waals surface area contributed by atoms with Crippen LogP contribution in [0.5, 0.6) is 0 Å². The van der Waals surface area contributed by atoms with Crippen LogP contribution >= 0.6 is 0 Å². The molecule has 3 rings (SSSR count). The van der Waals surface area contributed by atoms with Gasteiger partial charge in [-0.25, -0.2) is 0 Å². The summed E-state index contributed by atoms with van der Waals surface area (Å²) in [7, 11) is 0. The molecule has 0 N–H and O–H groups in total. The minimum absolute atomic E-state index is 0.139. The highest BCUT2D eigenvalue weighted by Gasteiger charge is 2.11. The molecule has 0 bridgehead atoms. The van der Waals surface area contributed by atoms with E-state index < -0.39 is 0 Å². The molecule has 0 aliphatic heterocycles. The van der Waals surface area contributed by atoms with Crippen LogP contribution in [-0.4, -0.2) is 12.6 Å². The summed E-state index contributed by atoms with van der Waals surface area (Å²) in [5.41, 5.74) is 3.58. The van der Waals surface area contributed by atoms with Crippen LogP contribution in [0.3, 0.4) is 0 Å². The van der Waals surface area contributed by atoms with E-state index >= 15 is 0 Å². The lowest BCUT2D eigenvalue weighted by atomic mass is 9.91. The number of benzene rings is 3. The number of carbonyl (C=O) groups excluding carboxylic acids is 1. The lowest BCUT2D eigenvalue weighted by Gasteiger charge is -2.13. The van der Waals surface area contributed by atoms with Gasteiger partial charge in [0.1, 0.15) is 0 Å². The van der Waals surface area contributed by atoms with Crippen LogP contribution in [-0.2, 0) is 16.0 Å². The maximum Gasteiger partial charge on any atom is 0.306 e. The molecule has 0 saturated carbocycles. The van der Waals surface area contributed by atoms with Crippen LogP contribution in [0.15, 0.2) is 66.7 Å². The van der Waals surface area contributed by atoms with Crippen LogP contribution in [0.1, 0.15) is 18.9 Å². The molecule has 0 aromatic heterocycles. The van der Waals surface area contributed by atoms with Gasteiger partial charge < -0.3 is 4.74 Å². The van der Waals surface area contributed by atoms with Crippen LogP contribution in [0, 0.1) is 0 Å². The minimum Gasteiger partial charge on any atom is -0.466 e. The Kier molecular flexibility index (Phi) is 4.72. The average Bonchev–Trinajstić information content (AvgIpc) is 2.60. The van der Waals surface area contributed by atoms with E-state index in [9.17, 15) is 4.79 Å². The summed E-state index contributed by atoms with van der Waals surface area (Å²) in [6.45, 7) is 2.27. The first-order chi connectivity index (χ1) is 11.3. The monoisotopic (exact) mass is 304 g/mol. The summed E-state index contributed by atoms with van der Waals surface area (Å²) in [4.78, 5) is 11.8. The molecule has 0 unspecified atom stereocenters. The van der Waals surface area contributed by atoms with Gasteiger partial charge in [-0.3, -0.25) is 4.79 Å². The van der Waals surface area contributed by atoms with Gasteiger partial charge in [-0.1, -0.05) is 66.7 Å². The fourth-order valence-corrected chi connectivity index (χ4v) is 2.95. The fraction of sp³-hybridized carbons (Fsp3) is 0.190. The zero-order valence-corrected chi connectivity index (χ0v) is 13.3. The second-order valence-electron chi connectivity index (χ2n) is 5.48. The van der Waals surface area contributed by atoms with Crippen molar-refractivity contribution in [2.24, 2.45) is 0 Å². The highest BCUT2D eigenvalue weighted by atomic mass is 16.5. The number of ether oxygens (including phenoxy) is 1. The van der Waals surface area contributed by atoms with Gasteiger partial charge in [0.15, 0.2) is 0 Å². The summed E-state index contributed by atoms with van der Waals surface area (Å²) in [6.07, 6.45) is 1.09. The first-order valence-electron chi connectivity index (χ1n) is 8.01. The van der Waals surface area contributed by atoms with Crippen molar-refractivity contribution in [2.75, 3.05) is 6.61 Å². The second-order valence-corrected chi connectivity index (χ2v) is 5.48. The molecule has 0 radical (unpaired) electrons. The Labute approximate surface area is 136 Å². The first-order valence-corrected chi connectivity index (χ1v) is 8.01. The van der Waals surface area contributed by atoms with Crippen molar-refractivity contribution >= 4 is 16.7 Å². The zero-order valence-electron chi connectivity index (χ0n) is 13.3. The summed E-state index contributed by atoms with van der Waals surface area (Å²) in [5.74, 6) is -0.139. The van der Waals surface area contributed by atoms with Crippen molar-refractivity contribution < 1.29 is 9.53 Å². The molecule has 0 saturated heterocycles. The van der Waals surface area contributed by atoms with Crippen LogP contribution in [0.4, 0.5) is 0 Å². The van der Waals surface area contributed by atoms with E-state index in [4.69, 9.17) is 4.74 Å². The third-order valence-corrected chi connectivity index (χ3v) is 4.01. The second kappa shape index (κ2) is 7.10. The Morgan fingerprint density at radius 3 is 2.43 bits per heavy atom. The van der Waals surface area contributed by atoms with Gasteiger partial charge in [0.2, 0.25) is 0 Å². The lowest BCUT2D eigenvalue weighted by molar-refractivity contribution is -0.143. The molecule has 0 atom stereocenters. The molecule has 116 valence electrons. The van der Waals surface area contributed by atoms with E-state index in [2.05, 4.69) is 36.4 Å². The molecule has 0 fully saturated rings. The third-order valence-electron chi connectivity index (χ3n) is 4.01. The zero-order chi connectivity index (χ0) is 16.1. The molecule has 23 heavy (non-hydrogen) atoms. The molecule has 3 aromatic carbocycles. The predicted octanol–water partition coefficient (Wildman–Crippen LogP) is 5.00. The highest BCUT2D eigenvalue weighted by Crippen LogP contribution is 2.31. The summed E-state index contributed by atoms with van der Waals surface area (Å²) in [5, 5.41) is 2.41. The van der Waals surface area contributed by atoms with E-state index in [1.165, 1.54) is 27.5 Å². The Balaban J connectivity index is 2.05. The highest BCUT2D eigenvalue weighted by molar-refractivity contribution is 5.92. The van der Waals surface area contributed by atoms with Gasteiger partial charge in [0, 0.05) is 6.42 Å². The van der Waals surface area contributed by atoms with Crippen LogP contribution in [0.25, 0.3) is 21.9 Å². The summed E-state index contributed by atoms with van der Waals surface area (Å²) >= 11 is 0. The van der Waals surface area contributed by atoms with E-state index in [-0.39, 0.29) is 5.97 Å². The van der Waals surface area contributed by atoms with Crippen LogP contribution in [0.2, 0.25) is 0 Å². The van der Waals surface area contributed by atoms with E-state index in [0.29, 0.717) is 19.4 Å². The third kappa shape index (κ3) is 3.42. The molecular weight excluding hydrogens is 284 g/mol. The molecule has 0 spiro atoms. The topological polar surface area (TPSA) is 26.3 Å². The Hall–Kier alpha value is -2.61. The number of aryl methyl sites for hydroxylation is 1. The van der Waals surface area contributed by atoms with Crippen LogP contribution < -0.4 is 0 Å². The molecular formula is C21H20O2.